The smallest absolute Gasteiger partial charge is 0.322 e. The highest BCUT2D eigenvalue weighted by Gasteiger charge is 2.08. The van der Waals surface area contributed by atoms with Crippen LogP contribution in [-0.2, 0) is 6.42 Å². The molecule has 0 atom stereocenters. The highest BCUT2D eigenvalue weighted by molar-refractivity contribution is 7.10. The summed E-state index contributed by atoms with van der Waals surface area (Å²) in [5, 5.41) is 3.64. The van der Waals surface area contributed by atoms with Crippen molar-refractivity contribution in [2.24, 2.45) is 0 Å². The van der Waals surface area contributed by atoms with Crippen molar-refractivity contribution < 1.29 is 4.79 Å². The summed E-state index contributed by atoms with van der Waals surface area (Å²) in [7, 11) is 1.77. The van der Waals surface area contributed by atoms with Gasteiger partial charge >= 0.3 is 6.03 Å². The summed E-state index contributed by atoms with van der Waals surface area (Å²) < 4.78 is 4.25. The van der Waals surface area contributed by atoms with Crippen molar-refractivity contribution in [3.05, 3.63) is 11.8 Å². The fourth-order valence-electron chi connectivity index (χ4n) is 1.09. The molecule has 0 aliphatic carbocycles. The van der Waals surface area contributed by atoms with Gasteiger partial charge in [0.05, 0.1) is 5.69 Å². The molecule has 1 aromatic heterocycles. The van der Waals surface area contributed by atoms with Crippen molar-refractivity contribution in [1.82, 2.24) is 9.27 Å². The molecular formula is C10H17N3OS. The van der Waals surface area contributed by atoms with Crippen LogP contribution in [0.5, 0.6) is 0 Å². The Morgan fingerprint density at radius 3 is 2.93 bits per heavy atom. The fourth-order valence-corrected chi connectivity index (χ4v) is 1.77. The molecule has 1 N–H and O–H groups in total. The molecule has 1 rings (SSSR count). The minimum absolute atomic E-state index is 0.0794. The Hall–Kier alpha value is -1.10. The van der Waals surface area contributed by atoms with E-state index in [0.29, 0.717) is 6.54 Å². The van der Waals surface area contributed by atoms with Gasteiger partial charge in [0.25, 0.3) is 0 Å². The molecule has 0 aromatic carbocycles. The minimum Gasteiger partial charge on any atom is -0.328 e. The largest absolute Gasteiger partial charge is 0.328 e. The predicted molar refractivity (Wildman–Crippen MR) is 63.4 cm³/mol. The van der Waals surface area contributed by atoms with E-state index in [2.05, 4.69) is 16.6 Å². The average molecular weight is 227 g/mol. The van der Waals surface area contributed by atoms with Gasteiger partial charge in [-0.05, 0) is 30.9 Å². The van der Waals surface area contributed by atoms with E-state index in [4.69, 9.17) is 0 Å². The van der Waals surface area contributed by atoms with Crippen molar-refractivity contribution >= 4 is 22.6 Å². The number of aryl methyl sites for hydroxylation is 1. The Balaban J connectivity index is 2.53. The highest BCUT2D eigenvalue weighted by Crippen LogP contribution is 2.17. The molecule has 2 amide bonds. The first-order valence-corrected chi connectivity index (χ1v) is 5.92. The maximum Gasteiger partial charge on any atom is 0.322 e. The number of carbonyl (C=O) groups is 1. The van der Waals surface area contributed by atoms with Crippen LogP contribution < -0.4 is 5.32 Å². The lowest BCUT2D eigenvalue weighted by atomic mass is 10.2. The average Bonchev–Trinajstić information content (AvgIpc) is 2.65. The van der Waals surface area contributed by atoms with Crippen molar-refractivity contribution in [3.8, 4) is 0 Å². The van der Waals surface area contributed by atoms with Gasteiger partial charge in [-0.3, -0.25) is 5.32 Å². The highest BCUT2D eigenvalue weighted by atomic mass is 32.1. The van der Waals surface area contributed by atoms with Crippen molar-refractivity contribution in [1.29, 1.82) is 0 Å². The Labute approximate surface area is 94.5 Å². The van der Waals surface area contributed by atoms with E-state index in [1.165, 1.54) is 11.5 Å². The maximum atomic E-state index is 11.5. The zero-order chi connectivity index (χ0) is 11.3. The molecule has 0 radical (unpaired) electrons. The predicted octanol–water partition coefficient (Wildman–Crippen LogP) is 2.58. The zero-order valence-corrected chi connectivity index (χ0v) is 10.2. The number of rotatable bonds is 4. The molecule has 0 spiro atoms. The van der Waals surface area contributed by atoms with Crippen molar-refractivity contribution in [2.45, 2.75) is 26.7 Å². The molecule has 0 saturated carbocycles. The SMILES string of the molecule is CCCc1cc(NC(=O)N(C)CC)sn1. The number of hydrogen-bond donors (Lipinski definition) is 1. The summed E-state index contributed by atoms with van der Waals surface area (Å²) in [4.78, 5) is 13.1. The summed E-state index contributed by atoms with van der Waals surface area (Å²) in [6.07, 6.45) is 2.04. The summed E-state index contributed by atoms with van der Waals surface area (Å²) in [6.45, 7) is 4.75. The zero-order valence-electron chi connectivity index (χ0n) is 9.41. The molecular weight excluding hydrogens is 210 g/mol. The van der Waals surface area contributed by atoms with Crippen LogP contribution in [0, 0.1) is 0 Å². The molecule has 1 aromatic rings. The lowest BCUT2D eigenvalue weighted by Crippen LogP contribution is -2.30. The van der Waals surface area contributed by atoms with Gasteiger partial charge in [-0.15, -0.1) is 0 Å². The Morgan fingerprint density at radius 2 is 2.33 bits per heavy atom. The summed E-state index contributed by atoms with van der Waals surface area (Å²) >= 11 is 1.34. The van der Waals surface area contributed by atoms with Crippen molar-refractivity contribution in [3.63, 3.8) is 0 Å². The number of nitrogens with zero attached hydrogens (tertiary/aromatic N) is 2. The third-order valence-electron chi connectivity index (χ3n) is 2.12. The van der Waals surface area contributed by atoms with Gasteiger partial charge in [0.1, 0.15) is 5.00 Å². The number of nitrogens with one attached hydrogen (secondary N) is 1. The number of amides is 2. The molecule has 0 bridgehead atoms. The van der Waals surface area contributed by atoms with Crippen LogP contribution in [-0.4, -0.2) is 28.9 Å². The van der Waals surface area contributed by atoms with E-state index >= 15 is 0 Å². The standard InChI is InChI=1S/C10H17N3OS/c1-4-6-8-7-9(15-12-8)11-10(14)13(3)5-2/h7H,4-6H2,1-3H3,(H,11,14). The number of anilines is 1. The van der Waals surface area contributed by atoms with E-state index in [9.17, 15) is 4.79 Å². The first-order chi connectivity index (χ1) is 7.17. The quantitative estimate of drug-likeness (QED) is 0.859. The minimum atomic E-state index is -0.0794. The second-order valence-electron chi connectivity index (χ2n) is 3.38. The summed E-state index contributed by atoms with van der Waals surface area (Å²) in [5.74, 6) is 0. The topological polar surface area (TPSA) is 45.2 Å². The first-order valence-electron chi connectivity index (χ1n) is 5.15. The van der Waals surface area contributed by atoms with Gasteiger partial charge in [0, 0.05) is 13.6 Å². The molecule has 0 fully saturated rings. The second kappa shape index (κ2) is 5.70. The van der Waals surface area contributed by atoms with Crippen LogP contribution in [0.4, 0.5) is 9.80 Å². The monoisotopic (exact) mass is 227 g/mol. The number of hydrogen-bond acceptors (Lipinski definition) is 3. The molecule has 15 heavy (non-hydrogen) atoms. The van der Waals surface area contributed by atoms with E-state index < -0.39 is 0 Å². The number of aromatic nitrogens is 1. The van der Waals surface area contributed by atoms with Crippen molar-refractivity contribution in [2.75, 3.05) is 18.9 Å². The second-order valence-corrected chi connectivity index (χ2v) is 4.18. The van der Waals surface area contributed by atoms with Gasteiger partial charge in [-0.1, -0.05) is 13.3 Å². The summed E-state index contributed by atoms with van der Waals surface area (Å²) in [5.41, 5.74) is 1.05. The van der Waals surface area contributed by atoms with Gasteiger partial charge in [0.15, 0.2) is 0 Å². The van der Waals surface area contributed by atoms with E-state index in [0.717, 1.165) is 23.5 Å². The summed E-state index contributed by atoms with van der Waals surface area (Å²) in [6, 6.07) is 1.86. The Kier molecular flexibility index (Phi) is 4.55. The van der Waals surface area contributed by atoms with Crippen LogP contribution in [0.3, 0.4) is 0 Å². The fraction of sp³-hybridized carbons (Fsp3) is 0.600. The van der Waals surface area contributed by atoms with Gasteiger partial charge in [-0.2, -0.15) is 4.37 Å². The molecule has 4 nitrogen and oxygen atoms in total. The maximum absolute atomic E-state index is 11.5. The Bertz CT molecular complexity index is 324. The van der Waals surface area contributed by atoms with Gasteiger partial charge in [0.2, 0.25) is 0 Å². The molecule has 0 saturated heterocycles. The molecule has 0 aliphatic rings. The lowest BCUT2D eigenvalue weighted by molar-refractivity contribution is 0.225. The Morgan fingerprint density at radius 1 is 1.60 bits per heavy atom. The van der Waals surface area contributed by atoms with E-state index in [1.807, 2.05) is 13.0 Å². The number of carbonyl (C=O) groups excluding carboxylic acids is 1. The van der Waals surface area contributed by atoms with Gasteiger partial charge in [-0.25, -0.2) is 4.79 Å². The van der Waals surface area contributed by atoms with Crippen LogP contribution in [0.2, 0.25) is 0 Å². The molecule has 0 unspecified atom stereocenters. The van der Waals surface area contributed by atoms with Crippen LogP contribution in [0.15, 0.2) is 6.07 Å². The van der Waals surface area contributed by atoms with Crippen LogP contribution >= 0.6 is 11.5 Å². The van der Waals surface area contributed by atoms with Gasteiger partial charge < -0.3 is 4.90 Å². The normalized spacial score (nSPS) is 10.1. The van der Waals surface area contributed by atoms with E-state index in [-0.39, 0.29) is 6.03 Å². The lowest BCUT2D eigenvalue weighted by Gasteiger charge is -2.13. The molecule has 5 heteroatoms. The number of urea groups is 1. The van der Waals surface area contributed by atoms with E-state index in [1.54, 1.807) is 11.9 Å². The third kappa shape index (κ3) is 3.51. The molecule has 84 valence electrons. The third-order valence-corrected chi connectivity index (χ3v) is 2.86. The van der Waals surface area contributed by atoms with Crippen LogP contribution in [0.25, 0.3) is 0 Å². The molecule has 0 aliphatic heterocycles. The first kappa shape index (κ1) is 12.0. The molecule has 1 heterocycles. The van der Waals surface area contributed by atoms with Crippen LogP contribution in [0.1, 0.15) is 26.0 Å².